The van der Waals surface area contributed by atoms with Crippen LogP contribution in [0.15, 0.2) is 30.3 Å². The van der Waals surface area contributed by atoms with Gasteiger partial charge in [-0.1, -0.05) is 23.2 Å². The second-order valence-electron chi connectivity index (χ2n) is 6.07. The Morgan fingerprint density at radius 1 is 1.16 bits per heavy atom. The first-order valence-corrected chi connectivity index (χ1v) is 8.49. The number of hydrogen-bond acceptors (Lipinski definition) is 3. The third-order valence-electron chi connectivity index (χ3n) is 4.51. The number of phenolic OH excluding ortho intramolecular Hbond substituents is 2. The van der Waals surface area contributed by atoms with E-state index >= 15 is 0 Å². The first-order valence-electron chi connectivity index (χ1n) is 7.74. The monoisotopic (exact) mass is 376 g/mol. The second-order valence-corrected chi connectivity index (χ2v) is 6.92. The first kappa shape index (κ1) is 16.1. The zero-order valence-electron chi connectivity index (χ0n) is 13.0. The van der Waals surface area contributed by atoms with Crippen LogP contribution in [0.4, 0.5) is 0 Å². The van der Waals surface area contributed by atoms with Gasteiger partial charge in [-0.25, -0.2) is 0 Å². The average Bonchev–Trinajstić information content (AvgIpc) is 2.95. The molecule has 0 radical (unpaired) electrons. The summed E-state index contributed by atoms with van der Waals surface area (Å²) in [5.74, 6) is -1.08. The number of carbonyl (C=O) groups is 1. The number of hydrogen-bond donors (Lipinski definition) is 3. The van der Waals surface area contributed by atoms with Crippen LogP contribution in [0.3, 0.4) is 0 Å². The number of amides is 1. The van der Waals surface area contributed by atoms with Crippen LogP contribution in [0.5, 0.6) is 11.5 Å². The molecule has 1 amide bonds. The van der Waals surface area contributed by atoms with Gasteiger partial charge in [-0.3, -0.25) is 4.79 Å². The van der Waals surface area contributed by atoms with Crippen molar-refractivity contribution in [2.75, 3.05) is 6.54 Å². The molecule has 0 saturated heterocycles. The molecule has 1 aromatic heterocycles. The van der Waals surface area contributed by atoms with Gasteiger partial charge in [0.2, 0.25) is 0 Å². The van der Waals surface area contributed by atoms with Crippen molar-refractivity contribution in [3.05, 3.63) is 57.2 Å². The van der Waals surface area contributed by atoms with E-state index in [4.69, 9.17) is 23.2 Å². The Bertz CT molecular complexity index is 990. The lowest BCUT2D eigenvalue weighted by Crippen LogP contribution is -2.35. The molecule has 2 aromatic carbocycles. The van der Waals surface area contributed by atoms with Gasteiger partial charge >= 0.3 is 0 Å². The van der Waals surface area contributed by atoms with E-state index in [-0.39, 0.29) is 16.5 Å². The molecule has 0 aliphatic carbocycles. The van der Waals surface area contributed by atoms with Gasteiger partial charge in [0.25, 0.3) is 5.91 Å². The van der Waals surface area contributed by atoms with Gasteiger partial charge in [0.15, 0.2) is 11.5 Å². The van der Waals surface area contributed by atoms with Crippen LogP contribution in [0.1, 0.15) is 21.6 Å². The fraction of sp³-hybridized carbons (Fsp3) is 0.167. The lowest BCUT2D eigenvalue weighted by atomic mass is 10.0. The summed E-state index contributed by atoms with van der Waals surface area (Å²) in [6, 6.07) is 8.28. The van der Waals surface area contributed by atoms with E-state index in [9.17, 15) is 15.0 Å². The van der Waals surface area contributed by atoms with Crippen molar-refractivity contribution in [1.29, 1.82) is 0 Å². The quantitative estimate of drug-likeness (QED) is 0.560. The Labute approximate surface area is 153 Å². The van der Waals surface area contributed by atoms with Crippen LogP contribution in [0.25, 0.3) is 10.9 Å². The van der Waals surface area contributed by atoms with Crippen LogP contribution in [-0.2, 0) is 13.0 Å². The number of carbonyl (C=O) groups excluding carboxylic acids is 1. The highest BCUT2D eigenvalue weighted by atomic mass is 35.5. The Kier molecular flexibility index (Phi) is 3.78. The number of aromatic amines is 1. The Balaban J connectivity index is 1.66. The van der Waals surface area contributed by atoms with Crippen LogP contribution < -0.4 is 0 Å². The molecule has 1 aliphatic rings. The molecule has 0 spiro atoms. The number of aromatic nitrogens is 1. The van der Waals surface area contributed by atoms with E-state index < -0.39 is 11.5 Å². The molecular formula is C18H14Cl2N2O3. The first-order chi connectivity index (χ1) is 11.9. The highest BCUT2D eigenvalue weighted by molar-refractivity contribution is 6.32. The lowest BCUT2D eigenvalue weighted by molar-refractivity contribution is 0.0732. The summed E-state index contributed by atoms with van der Waals surface area (Å²) in [5, 5.41) is 20.9. The molecule has 5 nitrogen and oxygen atoms in total. The summed E-state index contributed by atoms with van der Waals surface area (Å²) in [6.45, 7) is 0.976. The second kappa shape index (κ2) is 5.86. The topological polar surface area (TPSA) is 76.6 Å². The number of H-pyrrole nitrogens is 1. The molecule has 25 heavy (non-hydrogen) atoms. The third-order valence-corrected chi connectivity index (χ3v) is 5.04. The molecule has 0 bridgehead atoms. The predicted molar refractivity (Wildman–Crippen MR) is 96.5 cm³/mol. The number of halogens is 2. The molecule has 1 aliphatic heterocycles. The molecule has 0 saturated carbocycles. The van der Waals surface area contributed by atoms with E-state index in [1.807, 2.05) is 18.2 Å². The fourth-order valence-electron chi connectivity index (χ4n) is 3.28. The summed E-state index contributed by atoms with van der Waals surface area (Å²) in [4.78, 5) is 17.8. The number of benzene rings is 2. The van der Waals surface area contributed by atoms with Gasteiger partial charge in [-0.15, -0.1) is 0 Å². The maximum absolute atomic E-state index is 12.7. The zero-order chi connectivity index (χ0) is 17.7. The van der Waals surface area contributed by atoms with Crippen molar-refractivity contribution >= 4 is 40.0 Å². The van der Waals surface area contributed by atoms with Gasteiger partial charge in [0, 0.05) is 33.7 Å². The minimum Gasteiger partial charge on any atom is -0.504 e. The molecule has 128 valence electrons. The van der Waals surface area contributed by atoms with E-state index in [0.717, 1.165) is 16.6 Å². The van der Waals surface area contributed by atoms with E-state index in [0.29, 0.717) is 24.5 Å². The van der Waals surface area contributed by atoms with Crippen molar-refractivity contribution in [3.63, 3.8) is 0 Å². The summed E-state index contributed by atoms with van der Waals surface area (Å²) in [7, 11) is 0. The Morgan fingerprint density at radius 3 is 2.72 bits per heavy atom. The molecule has 3 aromatic rings. The summed E-state index contributed by atoms with van der Waals surface area (Å²) >= 11 is 11.9. The number of nitrogens with one attached hydrogen (secondary N) is 1. The molecule has 2 heterocycles. The van der Waals surface area contributed by atoms with Gasteiger partial charge in [0.1, 0.15) is 0 Å². The SMILES string of the molecule is O=C(c1cc(O)c(O)c(Cl)c1)N1CCc2c([nH]c3ccc(Cl)cc23)C1. The minimum atomic E-state index is -0.424. The van der Waals surface area contributed by atoms with Crippen molar-refractivity contribution in [2.24, 2.45) is 0 Å². The fourth-order valence-corrected chi connectivity index (χ4v) is 3.66. The van der Waals surface area contributed by atoms with Crippen molar-refractivity contribution in [3.8, 4) is 11.5 Å². The van der Waals surface area contributed by atoms with E-state index in [2.05, 4.69) is 4.98 Å². The highest BCUT2D eigenvalue weighted by Crippen LogP contribution is 2.35. The van der Waals surface area contributed by atoms with Crippen molar-refractivity contribution < 1.29 is 15.0 Å². The smallest absolute Gasteiger partial charge is 0.254 e. The number of rotatable bonds is 1. The van der Waals surface area contributed by atoms with Gasteiger partial charge in [-0.05, 0) is 42.3 Å². The summed E-state index contributed by atoms with van der Waals surface area (Å²) < 4.78 is 0. The summed E-state index contributed by atoms with van der Waals surface area (Å²) in [6.07, 6.45) is 0.708. The maximum atomic E-state index is 12.7. The third kappa shape index (κ3) is 2.69. The van der Waals surface area contributed by atoms with E-state index in [1.54, 1.807) is 4.90 Å². The molecule has 0 atom stereocenters. The minimum absolute atomic E-state index is 0.0543. The number of nitrogens with zero attached hydrogens (tertiary/aromatic N) is 1. The van der Waals surface area contributed by atoms with E-state index in [1.165, 1.54) is 17.7 Å². The van der Waals surface area contributed by atoms with Gasteiger partial charge < -0.3 is 20.1 Å². The van der Waals surface area contributed by atoms with Crippen LogP contribution >= 0.6 is 23.2 Å². The Morgan fingerprint density at radius 2 is 1.96 bits per heavy atom. The predicted octanol–water partition coefficient (Wildman–Crippen LogP) is 4.08. The van der Waals surface area contributed by atoms with Gasteiger partial charge in [0.05, 0.1) is 11.6 Å². The largest absolute Gasteiger partial charge is 0.504 e. The van der Waals surface area contributed by atoms with Crippen molar-refractivity contribution in [2.45, 2.75) is 13.0 Å². The standard InChI is InChI=1S/C18H14Cl2N2O3/c19-10-1-2-14-12(7-10)11-3-4-22(8-15(11)21-14)18(25)9-5-13(20)17(24)16(23)6-9/h1-2,5-7,21,23-24H,3-4,8H2. The Hall–Kier alpha value is -2.37. The normalized spacial score (nSPS) is 13.9. The van der Waals surface area contributed by atoms with Crippen molar-refractivity contribution in [1.82, 2.24) is 9.88 Å². The molecule has 0 unspecified atom stereocenters. The van der Waals surface area contributed by atoms with Gasteiger partial charge in [-0.2, -0.15) is 0 Å². The zero-order valence-corrected chi connectivity index (χ0v) is 14.5. The average molecular weight is 377 g/mol. The molecular weight excluding hydrogens is 363 g/mol. The number of fused-ring (bicyclic) bond motifs is 3. The molecule has 4 rings (SSSR count). The maximum Gasteiger partial charge on any atom is 0.254 e. The highest BCUT2D eigenvalue weighted by Gasteiger charge is 2.25. The summed E-state index contributed by atoms with van der Waals surface area (Å²) in [5.41, 5.74) is 3.39. The number of aromatic hydroxyl groups is 2. The van der Waals surface area contributed by atoms with Crippen LogP contribution in [0, 0.1) is 0 Å². The number of phenols is 2. The lowest BCUT2D eigenvalue weighted by Gasteiger charge is -2.27. The molecule has 0 fully saturated rings. The molecule has 7 heteroatoms. The molecule has 3 N–H and O–H groups in total. The van der Waals surface area contributed by atoms with Crippen LogP contribution in [0.2, 0.25) is 10.0 Å². The van der Waals surface area contributed by atoms with Crippen LogP contribution in [-0.4, -0.2) is 32.5 Å².